The zero-order valence-electron chi connectivity index (χ0n) is 16.0. The van der Waals surface area contributed by atoms with Crippen LogP contribution < -0.4 is 5.32 Å². The van der Waals surface area contributed by atoms with Crippen LogP contribution in [-0.2, 0) is 11.3 Å². The molecule has 0 bridgehead atoms. The Morgan fingerprint density at radius 1 is 1.31 bits per heavy atom. The van der Waals surface area contributed by atoms with Crippen LogP contribution in [0.25, 0.3) is 0 Å². The van der Waals surface area contributed by atoms with E-state index in [0.717, 1.165) is 43.7 Å². The van der Waals surface area contributed by atoms with Crippen LogP contribution in [0.3, 0.4) is 0 Å². The minimum atomic E-state index is -0.771. The van der Waals surface area contributed by atoms with Crippen molar-refractivity contribution in [2.24, 2.45) is 5.92 Å². The maximum Gasteiger partial charge on any atom is 0.317 e. The zero-order valence-corrected chi connectivity index (χ0v) is 16.0. The molecule has 1 aromatic rings. The second-order valence-electron chi connectivity index (χ2n) is 7.83. The summed E-state index contributed by atoms with van der Waals surface area (Å²) < 4.78 is 1.90. The van der Waals surface area contributed by atoms with Crippen LogP contribution in [0.15, 0.2) is 0 Å². The fraction of sp³-hybridized carbons (Fsp3) is 0.737. The first-order chi connectivity index (χ1) is 12.4. The molecule has 26 heavy (non-hydrogen) atoms. The number of carbonyl (C=O) groups excluding carboxylic acids is 1. The van der Waals surface area contributed by atoms with Gasteiger partial charge in [-0.15, -0.1) is 0 Å². The van der Waals surface area contributed by atoms with E-state index in [1.807, 2.05) is 18.5 Å². The van der Waals surface area contributed by atoms with E-state index in [0.29, 0.717) is 11.5 Å². The predicted molar refractivity (Wildman–Crippen MR) is 98.2 cm³/mol. The first kappa shape index (κ1) is 18.9. The monoisotopic (exact) mass is 362 g/mol. The first-order valence-electron chi connectivity index (χ1n) is 9.69. The number of aromatic nitrogens is 2. The van der Waals surface area contributed by atoms with Crippen LogP contribution in [-0.4, -0.2) is 56.8 Å². The van der Waals surface area contributed by atoms with E-state index < -0.39 is 5.97 Å². The molecule has 0 saturated heterocycles. The SMILES string of the molecule is CCCn1nc(C)c(C(=O)NC2CC(N(CC(=O)O)CC3CC3)C2)c1C. The number of rotatable bonds is 9. The molecule has 1 amide bonds. The van der Waals surface area contributed by atoms with Gasteiger partial charge in [-0.3, -0.25) is 19.2 Å². The molecule has 7 nitrogen and oxygen atoms in total. The van der Waals surface area contributed by atoms with Crippen LogP contribution >= 0.6 is 0 Å². The van der Waals surface area contributed by atoms with E-state index in [1.54, 1.807) is 0 Å². The number of carbonyl (C=O) groups is 2. The fourth-order valence-corrected chi connectivity index (χ4v) is 3.86. The molecule has 144 valence electrons. The number of aryl methyl sites for hydroxylation is 2. The minimum absolute atomic E-state index is 0.0576. The number of carboxylic acid groups (broad SMARTS) is 1. The molecule has 0 spiro atoms. The summed E-state index contributed by atoms with van der Waals surface area (Å²) in [5.41, 5.74) is 2.37. The Morgan fingerprint density at radius 3 is 2.58 bits per heavy atom. The Labute approximate surface area is 154 Å². The zero-order chi connectivity index (χ0) is 18.8. The molecule has 0 radical (unpaired) electrons. The largest absolute Gasteiger partial charge is 0.480 e. The summed E-state index contributed by atoms with van der Waals surface area (Å²) in [4.78, 5) is 25.9. The number of carboxylic acids is 1. The van der Waals surface area contributed by atoms with Gasteiger partial charge in [-0.25, -0.2) is 0 Å². The minimum Gasteiger partial charge on any atom is -0.480 e. The topological polar surface area (TPSA) is 87.5 Å². The van der Waals surface area contributed by atoms with Gasteiger partial charge in [0.05, 0.1) is 17.8 Å². The number of amides is 1. The van der Waals surface area contributed by atoms with Gasteiger partial charge in [0.2, 0.25) is 0 Å². The Kier molecular flexibility index (Phi) is 5.65. The van der Waals surface area contributed by atoms with Crippen molar-refractivity contribution in [2.45, 2.75) is 71.5 Å². The average molecular weight is 362 g/mol. The molecule has 1 heterocycles. The highest BCUT2D eigenvalue weighted by molar-refractivity contribution is 5.96. The normalized spacial score (nSPS) is 22.3. The fourth-order valence-electron chi connectivity index (χ4n) is 3.86. The van der Waals surface area contributed by atoms with Gasteiger partial charge in [-0.2, -0.15) is 5.10 Å². The molecule has 2 N–H and O–H groups in total. The third-order valence-electron chi connectivity index (χ3n) is 5.54. The van der Waals surface area contributed by atoms with Crippen LogP contribution in [0.1, 0.15) is 60.8 Å². The highest BCUT2D eigenvalue weighted by Crippen LogP contribution is 2.34. The molecular weight excluding hydrogens is 332 g/mol. The average Bonchev–Trinajstić information content (AvgIpc) is 3.28. The molecule has 2 saturated carbocycles. The molecule has 3 rings (SSSR count). The highest BCUT2D eigenvalue weighted by atomic mass is 16.4. The van der Waals surface area contributed by atoms with Crippen molar-refractivity contribution in [3.05, 3.63) is 17.0 Å². The van der Waals surface area contributed by atoms with Crippen molar-refractivity contribution >= 4 is 11.9 Å². The molecule has 2 aliphatic carbocycles. The quantitative estimate of drug-likeness (QED) is 0.701. The predicted octanol–water partition coefficient (Wildman–Crippen LogP) is 1.97. The maximum atomic E-state index is 12.7. The Bertz CT molecular complexity index is 675. The molecular formula is C19H30N4O3. The van der Waals surface area contributed by atoms with Crippen molar-refractivity contribution in [1.29, 1.82) is 0 Å². The summed E-state index contributed by atoms with van der Waals surface area (Å²) in [6.07, 6.45) is 5.06. The van der Waals surface area contributed by atoms with Gasteiger partial charge in [0, 0.05) is 30.9 Å². The van der Waals surface area contributed by atoms with E-state index in [9.17, 15) is 9.59 Å². The molecule has 0 unspecified atom stereocenters. The van der Waals surface area contributed by atoms with Crippen LogP contribution in [0.4, 0.5) is 0 Å². The number of aliphatic carboxylic acids is 1. The first-order valence-corrected chi connectivity index (χ1v) is 9.69. The maximum absolute atomic E-state index is 12.7. The molecule has 0 aliphatic heterocycles. The highest BCUT2D eigenvalue weighted by Gasteiger charge is 2.38. The van der Waals surface area contributed by atoms with Gasteiger partial charge in [0.1, 0.15) is 0 Å². The van der Waals surface area contributed by atoms with Crippen LogP contribution in [0.5, 0.6) is 0 Å². The van der Waals surface area contributed by atoms with E-state index in [-0.39, 0.29) is 24.5 Å². The van der Waals surface area contributed by atoms with Gasteiger partial charge in [-0.05, 0) is 51.9 Å². The van der Waals surface area contributed by atoms with E-state index in [4.69, 9.17) is 5.11 Å². The van der Waals surface area contributed by atoms with Crippen molar-refractivity contribution in [3.8, 4) is 0 Å². The lowest BCUT2D eigenvalue weighted by Gasteiger charge is -2.42. The third-order valence-corrected chi connectivity index (χ3v) is 5.54. The van der Waals surface area contributed by atoms with E-state index in [1.165, 1.54) is 12.8 Å². The van der Waals surface area contributed by atoms with Gasteiger partial charge in [-0.1, -0.05) is 6.92 Å². The second-order valence-corrected chi connectivity index (χ2v) is 7.83. The van der Waals surface area contributed by atoms with Crippen LogP contribution in [0, 0.1) is 19.8 Å². The molecule has 1 aromatic heterocycles. The summed E-state index contributed by atoms with van der Waals surface area (Å²) in [5, 5.41) is 16.7. The number of nitrogens with zero attached hydrogens (tertiary/aromatic N) is 3. The molecule has 2 aliphatic rings. The summed E-state index contributed by atoms with van der Waals surface area (Å²) in [7, 11) is 0. The van der Waals surface area contributed by atoms with Crippen molar-refractivity contribution in [3.63, 3.8) is 0 Å². The van der Waals surface area contributed by atoms with Gasteiger partial charge >= 0.3 is 5.97 Å². The summed E-state index contributed by atoms with van der Waals surface area (Å²) >= 11 is 0. The Balaban J connectivity index is 1.54. The smallest absolute Gasteiger partial charge is 0.317 e. The van der Waals surface area contributed by atoms with Crippen molar-refractivity contribution in [1.82, 2.24) is 20.0 Å². The number of hydrogen-bond acceptors (Lipinski definition) is 4. The third kappa shape index (κ3) is 4.26. The van der Waals surface area contributed by atoms with Gasteiger partial charge in [0.15, 0.2) is 0 Å². The standard InChI is InChI=1S/C19H30N4O3/c1-4-7-23-13(3)18(12(2)21-23)19(26)20-15-8-16(9-15)22(11-17(24)25)10-14-5-6-14/h14-16H,4-11H2,1-3H3,(H,20,26)(H,24,25). The lowest BCUT2D eigenvalue weighted by Crippen LogP contribution is -2.55. The summed E-state index contributed by atoms with van der Waals surface area (Å²) in [6.45, 7) is 7.70. The van der Waals surface area contributed by atoms with E-state index >= 15 is 0 Å². The molecule has 0 atom stereocenters. The van der Waals surface area contributed by atoms with Crippen molar-refractivity contribution < 1.29 is 14.7 Å². The Hall–Kier alpha value is -1.89. The lowest BCUT2D eigenvalue weighted by atomic mass is 9.85. The van der Waals surface area contributed by atoms with Crippen LogP contribution in [0.2, 0.25) is 0 Å². The summed E-state index contributed by atoms with van der Waals surface area (Å²) in [6, 6.07) is 0.387. The second kappa shape index (κ2) is 7.78. The van der Waals surface area contributed by atoms with Crippen molar-refractivity contribution in [2.75, 3.05) is 13.1 Å². The molecule has 2 fully saturated rings. The van der Waals surface area contributed by atoms with Gasteiger partial charge < -0.3 is 10.4 Å². The number of hydrogen-bond donors (Lipinski definition) is 2. The van der Waals surface area contributed by atoms with E-state index in [2.05, 4.69) is 22.2 Å². The molecule has 7 heteroatoms. The lowest BCUT2D eigenvalue weighted by molar-refractivity contribution is -0.139. The van der Waals surface area contributed by atoms with Gasteiger partial charge in [0.25, 0.3) is 5.91 Å². The molecule has 0 aromatic carbocycles. The Morgan fingerprint density at radius 2 is 2.00 bits per heavy atom. The number of nitrogens with one attached hydrogen (secondary N) is 1. The summed E-state index contributed by atoms with van der Waals surface area (Å²) in [5.74, 6) is -0.164.